The van der Waals surface area contributed by atoms with E-state index in [1.54, 1.807) is 36.0 Å². The summed E-state index contributed by atoms with van der Waals surface area (Å²) in [4.78, 5) is 17.2. The van der Waals surface area contributed by atoms with E-state index in [4.69, 9.17) is 0 Å². The molecule has 1 heterocycles. The number of aromatic nitrogens is 2. The van der Waals surface area contributed by atoms with Gasteiger partial charge in [-0.1, -0.05) is 36.4 Å². The lowest BCUT2D eigenvalue weighted by Gasteiger charge is -2.17. The number of nitrogens with zero attached hydrogens (tertiary/aromatic N) is 2. The number of thioether (sulfide) groups is 1. The summed E-state index contributed by atoms with van der Waals surface area (Å²) in [7, 11) is 0. The van der Waals surface area contributed by atoms with Crippen molar-refractivity contribution < 1.29 is 18.7 Å². The number of carbonyl (C=O) groups is 1. The lowest BCUT2D eigenvalue weighted by molar-refractivity contribution is 0.0164. The van der Waals surface area contributed by atoms with Crippen molar-refractivity contribution in [1.82, 2.24) is 9.55 Å². The first kappa shape index (κ1) is 22.0. The van der Waals surface area contributed by atoms with Gasteiger partial charge < -0.3 is 9.67 Å². The molecule has 0 unspecified atom stereocenters. The third kappa shape index (κ3) is 4.53. The Kier molecular flexibility index (Phi) is 6.02. The highest BCUT2D eigenvalue weighted by atomic mass is 32.2. The maximum atomic E-state index is 14.2. The number of fused-ring (bicyclic) bond motifs is 1. The van der Waals surface area contributed by atoms with Crippen molar-refractivity contribution in [2.45, 2.75) is 30.7 Å². The number of rotatable bonds is 7. The predicted molar refractivity (Wildman–Crippen MR) is 123 cm³/mol. The molecule has 0 bridgehead atoms. The second-order valence-corrected chi connectivity index (χ2v) is 8.57. The molecule has 0 aliphatic rings. The molecule has 0 saturated heterocycles. The molecule has 0 aliphatic carbocycles. The van der Waals surface area contributed by atoms with Crippen LogP contribution in [0.2, 0.25) is 0 Å². The van der Waals surface area contributed by atoms with E-state index < -0.39 is 11.9 Å². The molecule has 3 aromatic carbocycles. The van der Waals surface area contributed by atoms with Crippen molar-refractivity contribution in [3.05, 3.63) is 94.8 Å². The van der Waals surface area contributed by atoms with Crippen molar-refractivity contribution in [2.75, 3.05) is 6.26 Å². The Morgan fingerprint density at radius 1 is 1.09 bits per heavy atom. The van der Waals surface area contributed by atoms with Gasteiger partial charge in [-0.15, -0.1) is 11.8 Å². The molecule has 0 aliphatic heterocycles. The summed E-state index contributed by atoms with van der Waals surface area (Å²) in [6, 6.07) is 19.3. The Labute approximate surface area is 188 Å². The van der Waals surface area contributed by atoms with Gasteiger partial charge in [-0.05, 0) is 47.7 Å². The summed E-state index contributed by atoms with van der Waals surface area (Å²) in [5.74, 6) is -3.32. The van der Waals surface area contributed by atoms with E-state index in [-0.39, 0.29) is 17.7 Å². The Bertz CT molecular complexity index is 1280. The standard InChI is InChI=1S/C25H22F2N2O2S/c1-25(26,27)20-6-4-3-5-18(20)15-29-22-12-9-17(24(30)31)14-21(22)28-23(29)13-16-7-10-19(32-2)11-8-16/h3-12,14H,13,15H2,1-2H3,(H,30,31). The molecule has 0 atom stereocenters. The zero-order chi connectivity index (χ0) is 22.9. The molecule has 4 aromatic rings. The second-order valence-electron chi connectivity index (χ2n) is 7.69. The Balaban J connectivity index is 1.82. The lowest BCUT2D eigenvalue weighted by atomic mass is 10.0. The number of alkyl halides is 2. The maximum Gasteiger partial charge on any atom is 0.335 e. The Morgan fingerprint density at radius 2 is 1.81 bits per heavy atom. The lowest BCUT2D eigenvalue weighted by Crippen LogP contribution is -2.14. The highest BCUT2D eigenvalue weighted by molar-refractivity contribution is 7.98. The second kappa shape index (κ2) is 8.74. The predicted octanol–water partition coefficient (Wildman–Crippen LogP) is 6.21. The third-order valence-electron chi connectivity index (χ3n) is 5.41. The minimum Gasteiger partial charge on any atom is -0.478 e. The van der Waals surface area contributed by atoms with Crippen LogP contribution in [0.15, 0.2) is 71.6 Å². The topological polar surface area (TPSA) is 55.1 Å². The molecule has 0 fully saturated rings. The number of hydrogen-bond donors (Lipinski definition) is 1. The molecule has 4 rings (SSSR count). The monoisotopic (exact) mass is 452 g/mol. The molecule has 7 heteroatoms. The molecule has 4 nitrogen and oxygen atoms in total. The first-order valence-electron chi connectivity index (χ1n) is 10.1. The molecule has 0 amide bonds. The van der Waals surface area contributed by atoms with Crippen LogP contribution < -0.4 is 0 Å². The Morgan fingerprint density at radius 3 is 2.47 bits per heavy atom. The van der Waals surface area contributed by atoms with Gasteiger partial charge in [0.05, 0.1) is 16.6 Å². The highest BCUT2D eigenvalue weighted by Gasteiger charge is 2.27. The fourth-order valence-corrected chi connectivity index (χ4v) is 4.22. The smallest absolute Gasteiger partial charge is 0.335 e. The highest BCUT2D eigenvalue weighted by Crippen LogP contribution is 2.31. The first-order chi connectivity index (χ1) is 15.3. The molecule has 0 radical (unpaired) electrons. The fraction of sp³-hybridized carbons (Fsp3) is 0.200. The molecule has 32 heavy (non-hydrogen) atoms. The van der Waals surface area contributed by atoms with Gasteiger partial charge in [-0.3, -0.25) is 0 Å². The van der Waals surface area contributed by atoms with Gasteiger partial charge in [-0.25, -0.2) is 18.6 Å². The number of halogens is 2. The van der Waals surface area contributed by atoms with Crippen molar-refractivity contribution in [1.29, 1.82) is 0 Å². The van der Waals surface area contributed by atoms with Gasteiger partial charge >= 0.3 is 5.97 Å². The quantitative estimate of drug-likeness (QED) is 0.339. The number of hydrogen-bond acceptors (Lipinski definition) is 3. The van der Waals surface area contributed by atoms with Gasteiger partial charge in [0.25, 0.3) is 5.92 Å². The summed E-state index contributed by atoms with van der Waals surface area (Å²) in [6.07, 6.45) is 2.51. The van der Waals surface area contributed by atoms with Crippen molar-refractivity contribution >= 4 is 28.8 Å². The van der Waals surface area contributed by atoms with Crippen LogP contribution in [-0.2, 0) is 18.9 Å². The third-order valence-corrected chi connectivity index (χ3v) is 6.16. The van der Waals surface area contributed by atoms with Crippen LogP contribution in [0.3, 0.4) is 0 Å². The van der Waals surface area contributed by atoms with Crippen LogP contribution in [-0.4, -0.2) is 26.9 Å². The van der Waals surface area contributed by atoms with E-state index in [0.29, 0.717) is 28.8 Å². The molecule has 1 aromatic heterocycles. The molecule has 0 spiro atoms. The Hall–Kier alpha value is -3.19. The van der Waals surface area contributed by atoms with Gasteiger partial charge in [-0.2, -0.15) is 0 Å². The average molecular weight is 453 g/mol. The number of carboxylic acid groups (broad SMARTS) is 1. The summed E-state index contributed by atoms with van der Waals surface area (Å²) >= 11 is 1.65. The number of carboxylic acids is 1. The van der Waals surface area contributed by atoms with Crippen LogP contribution in [0.25, 0.3) is 11.0 Å². The minimum atomic E-state index is -2.97. The van der Waals surface area contributed by atoms with Gasteiger partial charge in [0.15, 0.2) is 0 Å². The average Bonchev–Trinajstić information content (AvgIpc) is 3.10. The summed E-state index contributed by atoms with van der Waals surface area (Å²) < 4.78 is 30.3. The van der Waals surface area contributed by atoms with Crippen LogP contribution in [0, 0.1) is 0 Å². The van der Waals surface area contributed by atoms with Crippen LogP contribution in [0.4, 0.5) is 8.78 Å². The van der Waals surface area contributed by atoms with Gasteiger partial charge in [0.2, 0.25) is 0 Å². The van der Waals surface area contributed by atoms with Crippen molar-refractivity contribution in [3.8, 4) is 0 Å². The summed E-state index contributed by atoms with van der Waals surface area (Å²) in [6.45, 7) is 1.10. The van der Waals surface area contributed by atoms with Gasteiger partial charge in [0, 0.05) is 30.3 Å². The minimum absolute atomic E-state index is 0.0284. The van der Waals surface area contributed by atoms with Crippen LogP contribution >= 0.6 is 11.8 Å². The number of imidazole rings is 1. The summed E-state index contributed by atoms with van der Waals surface area (Å²) in [5, 5.41) is 9.35. The zero-order valence-electron chi connectivity index (χ0n) is 17.7. The van der Waals surface area contributed by atoms with E-state index in [9.17, 15) is 18.7 Å². The van der Waals surface area contributed by atoms with Crippen LogP contribution in [0.5, 0.6) is 0 Å². The molecule has 0 saturated carbocycles. The number of benzene rings is 3. The van der Waals surface area contributed by atoms with E-state index in [2.05, 4.69) is 4.98 Å². The zero-order valence-corrected chi connectivity index (χ0v) is 18.5. The van der Waals surface area contributed by atoms with E-state index in [0.717, 1.165) is 17.4 Å². The van der Waals surface area contributed by atoms with Crippen molar-refractivity contribution in [2.24, 2.45) is 0 Å². The first-order valence-corrected chi connectivity index (χ1v) is 11.3. The largest absolute Gasteiger partial charge is 0.478 e. The fourth-order valence-electron chi connectivity index (χ4n) is 3.81. The van der Waals surface area contributed by atoms with E-state index in [1.165, 1.54) is 18.2 Å². The summed E-state index contributed by atoms with van der Waals surface area (Å²) in [5.41, 5.74) is 2.88. The van der Waals surface area contributed by atoms with Crippen molar-refractivity contribution in [3.63, 3.8) is 0 Å². The molecular formula is C25H22F2N2O2S. The SMILES string of the molecule is CSc1ccc(Cc2nc3cc(C(=O)O)ccc3n2Cc2ccccc2C(C)(F)F)cc1. The normalized spacial score (nSPS) is 11.8. The molecule has 164 valence electrons. The maximum absolute atomic E-state index is 14.2. The molecule has 1 N–H and O–H groups in total. The van der Waals surface area contributed by atoms with E-state index >= 15 is 0 Å². The van der Waals surface area contributed by atoms with E-state index in [1.807, 2.05) is 35.1 Å². The van der Waals surface area contributed by atoms with Crippen LogP contribution in [0.1, 0.15) is 39.8 Å². The van der Waals surface area contributed by atoms with Gasteiger partial charge in [0.1, 0.15) is 5.82 Å². The molecular weight excluding hydrogens is 430 g/mol. The number of aromatic carboxylic acids is 1.